The Labute approximate surface area is 171 Å². The number of rotatable bonds is 9. The standard InChI is InChI=1S/C18H20ClN7O3/c1-29-13-4-2-3-11(5-13)15(10-27)24-17-14(19)7-21-18(25-17)23-12-6-22-26(8-12)9-16(20)28/h2-8,15,27H,9-10H2,1H3,(H2,20,28)(H2,21,23,24,25)/t15-/m1/s1. The molecule has 0 fully saturated rings. The number of benzene rings is 1. The maximum atomic E-state index is 11.0. The number of primary amides is 1. The normalized spacial score (nSPS) is 11.7. The van der Waals surface area contributed by atoms with Crippen molar-refractivity contribution >= 4 is 35.0 Å². The second kappa shape index (κ2) is 9.22. The lowest BCUT2D eigenvalue weighted by Crippen LogP contribution is -2.18. The zero-order chi connectivity index (χ0) is 20.8. The Bertz CT molecular complexity index is 995. The zero-order valence-electron chi connectivity index (χ0n) is 15.5. The number of carbonyl (C=O) groups is 1. The summed E-state index contributed by atoms with van der Waals surface area (Å²) >= 11 is 6.22. The van der Waals surface area contributed by atoms with Crippen LogP contribution in [-0.2, 0) is 11.3 Å². The number of nitrogens with zero attached hydrogens (tertiary/aromatic N) is 4. The van der Waals surface area contributed by atoms with Gasteiger partial charge in [-0.2, -0.15) is 10.1 Å². The molecular weight excluding hydrogens is 398 g/mol. The first-order valence-corrected chi connectivity index (χ1v) is 8.98. The molecule has 0 unspecified atom stereocenters. The van der Waals surface area contributed by atoms with Gasteiger partial charge in [0.25, 0.3) is 0 Å². The van der Waals surface area contributed by atoms with E-state index in [2.05, 4.69) is 25.7 Å². The molecule has 3 aromatic rings. The molecule has 5 N–H and O–H groups in total. The van der Waals surface area contributed by atoms with Crippen LogP contribution in [0.2, 0.25) is 5.02 Å². The summed E-state index contributed by atoms with van der Waals surface area (Å²) in [5.41, 5.74) is 6.54. The summed E-state index contributed by atoms with van der Waals surface area (Å²) in [5.74, 6) is 0.779. The molecule has 11 heteroatoms. The topological polar surface area (TPSA) is 140 Å². The molecule has 0 radical (unpaired) electrons. The summed E-state index contributed by atoms with van der Waals surface area (Å²) < 4.78 is 6.62. The van der Waals surface area contributed by atoms with E-state index in [1.165, 1.54) is 17.1 Å². The molecule has 0 aliphatic heterocycles. The molecule has 0 bridgehead atoms. The molecule has 0 saturated carbocycles. The van der Waals surface area contributed by atoms with Crippen molar-refractivity contribution in [3.05, 3.63) is 53.4 Å². The molecule has 1 aromatic carbocycles. The molecule has 10 nitrogen and oxygen atoms in total. The summed E-state index contributed by atoms with van der Waals surface area (Å²) in [5, 5.41) is 20.2. The third-order valence-corrected chi connectivity index (χ3v) is 4.22. The van der Waals surface area contributed by atoms with E-state index in [1.54, 1.807) is 13.3 Å². The molecule has 0 aliphatic carbocycles. The molecule has 29 heavy (non-hydrogen) atoms. The number of hydrogen-bond acceptors (Lipinski definition) is 8. The fourth-order valence-electron chi connectivity index (χ4n) is 2.59. The Morgan fingerprint density at radius 2 is 2.24 bits per heavy atom. The fourth-order valence-corrected chi connectivity index (χ4v) is 2.74. The quantitative estimate of drug-likeness (QED) is 0.412. The van der Waals surface area contributed by atoms with Crippen LogP contribution in [0.4, 0.5) is 17.5 Å². The second-order valence-electron chi connectivity index (χ2n) is 6.06. The first-order chi connectivity index (χ1) is 14.0. The smallest absolute Gasteiger partial charge is 0.239 e. The van der Waals surface area contributed by atoms with Crippen molar-refractivity contribution in [2.24, 2.45) is 5.73 Å². The van der Waals surface area contributed by atoms with Gasteiger partial charge in [0.2, 0.25) is 11.9 Å². The van der Waals surface area contributed by atoms with Gasteiger partial charge in [-0.1, -0.05) is 23.7 Å². The summed E-state index contributed by atoms with van der Waals surface area (Å²) in [6.45, 7) is -0.217. The van der Waals surface area contributed by atoms with E-state index in [9.17, 15) is 9.90 Å². The van der Waals surface area contributed by atoms with Crippen LogP contribution in [-0.4, -0.2) is 44.5 Å². The first-order valence-electron chi connectivity index (χ1n) is 8.60. The number of ether oxygens (including phenoxy) is 1. The van der Waals surface area contributed by atoms with Gasteiger partial charge in [0.05, 0.1) is 37.8 Å². The van der Waals surface area contributed by atoms with Gasteiger partial charge in [-0.3, -0.25) is 9.48 Å². The maximum absolute atomic E-state index is 11.0. The number of halogens is 1. The van der Waals surface area contributed by atoms with E-state index >= 15 is 0 Å². The summed E-state index contributed by atoms with van der Waals surface area (Å²) in [6, 6.07) is 6.86. The van der Waals surface area contributed by atoms with Crippen LogP contribution in [0.15, 0.2) is 42.9 Å². The monoisotopic (exact) mass is 417 g/mol. The lowest BCUT2D eigenvalue weighted by atomic mass is 10.1. The van der Waals surface area contributed by atoms with Crippen LogP contribution in [0.1, 0.15) is 11.6 Å². The number of nitrogens with two attached hydrogens (primary N) is 1. The Balaban J connectivity index is 1.77. The predicted octanol–water partition coefficient (Wildman–Crippen LogP) is 1.71. The highest BCUT2D eigenvalue weighted by molar-refractivity contribution is 6.32. The Kier molecular flexibility index (Phi) is 6.47. The zero-order valence-corrected chi connectivity index (χ0v) is 16.3. The van der Waals surface area contributed by atoms with Gasteiger partial charge in [-0.15, -0.1) is 0 Å². The van der Waals surface area contributed by atoms with Gasteiger partial charge in [0.1, 0.15) is 17.3 Å². The van der Waals surface area contributed by atoms with Gasteiger partial charge in [0, 0.05) is 6.20 Å². The van der Waals surface area contributed by atoms with Gasteiger partial charge in [-0.05, 0) is 17.7 Å². The lowest BCUT2D eigenvalue weighted by Gasteiger charge is -2.19. The van der Waals surface area contributed by atoms with Crippen molar-refractivity contribution in [3.63, 3.8) is 0 Å². The summed E-state index contributed by atoms with van der Waals surface area (Å²) in [7, 11) is 1.57. The van der Waals surface area contributed by atoms with Crippen LogP contribution in [0.5, 0.6) is 5.75 Å². The molecule has 0 saturated heterocycles. The average Bonchev–Trinajstić information content (AvgIpc) is 3.14. The van der Waals surface area contributed by atoms with Gasteiger partial charge in [-0.25, -0.2) is 4.98 Å². The highest BCUT2D eigenvalue weighted by Crippen LogP contribution is 2.27. The predicted molar refractivity (Wildman–Crippen MR) is 108 cm³/mol. The van der Waals surface area contributed by atoms with E-state index in [-0.39, 0.29) is 19.1 Å². The molecule has 2 heterocycles. The van der Waals surface area contributed by atoms with Crippen LogP contribution in [0.25, 0.3) is 0 Å². The number of aromatic nitrogens is 4. The van der Waals surface area contributed by atoms with Crippen LogP contribution >= 0.6 is 11.6 Å². The van der Waals surface area contributed by atoms with Crippen molar-refractivity contribution in [2.45, 2.75) is 12.6 Å². The molecule has 0 spiro atoms. The van der Waals surface area contributed by atoms with Crippen molar-refractivity contribution in [2.75, 3.05) is 24.4 Å². The minimum atomic E-state index is -0.499. The van der Waals surface area contributed by atoms with Crippen LogP contribution in [0.3, 0.4) is 0 Å². The van der Waals surface area contributed by atoms with Gasteiger partial charge in [0.15, 0.2) is 5.82 Å². The Hall–Kier alpha value is -3.37. The van der Waals surface area contributed by atoms with Crippen molar-refractivity contribution in [1.82, 2.24) is 19.7 Å². The van der Waals surface area contributed by atoms with E-state index in [4.69, 9.17) is 22.1 Å². The van der Waals surface area contributed by atoms with Crippen molar-refractivity contribution in [3.8, 4) is 5.75 Å². The summed E-state index contributed by atoms with van der Waals surface area (Å²) in [6.07, 6.45) is 4.55. The number of amides is 1. The molecule has 2 aromatic heterocycles. The molecule has 152 valence electrons. The van der Waals surface area contributed by atoms with Crippen LogP contribution < -0.4 is 21.1 Å². The van der Waals surface area contributed by atoms with Crippen molar-refractivity contribution < 1.29 is 14.6 Å². The SMILES string of the molecule is COc1cccc([C@@H](CO)Nc2nc(Nc3cnn(CC(N)=O)c3)ncc2Cl)c1. The number of anilines is 3. The number of aliphatic hydroxyl groups excluding tert-OH is 1. The van der Waals surface area contributed by atoms with E-state index < -0.39 is 11.9 Å². The fraction of sp³-hybridized carbons (Fsp3) is 0.222. The van der Waals surface area contributed by atoms with Gasteiger partial charge >= 0.3 is 0 Å². The third kappa shape index (κ3) is 5.33. The average molecular weight is 418 g/mol. The Morgan fingerprint density at radius 3 is 2.97 bits per heavy atom. The molecule has 0 aliphatic rings. The minimum Gasteiger partial charge on any atom is -0.497 e. The number of carbonyl (C=O) groups excluding carboxylic acids is 1. The van der Waals surface area contributed by atoms with Gasteiger partial charge < -0.3 is 26.2 Å². The lowest BCUT2D eigenvalue weighted by molar-refractivity contribution is -0.118. The highest BCUT2D eigenvalue weighted by atomic mass is 35.5. The largest absolute Gasteiger partial charge is 0.497 e. The third-order valence-electron chi connectivity index (χ3n) is 3.94. The number of methoxy groups -OCH3 is 1. The molecule has 3 rings (SSSR count). The molecule has 1 amide bonds. The Morgan fingerprint density at radius 1 is 1.41 bits per heavy atom. The minimum absolute atomic E-state index is 0.0331. The number of nitrogens with one attached hydrogen (secondary N) is 2. The van der Waals surface area contributed by atoms with E-state index in [0.29, 0.717) is 22.3 Å². The molecular formula is C18H20ClN7O3. The van der Waals surface area contributed by atoms with Crippen molar-refractivity contribution in [1.29, 1.82) is 0 Å². The summed E-state index contributed by atoms with van der Waals surface area (Å²) in [4.78, 5) is 19.5. The maximum Gasteiger partial charge on any atom is 0.239 e. The first kappa shape index (κ1) is 20.4. The highest BCUT2D eigenvalue weighted by Gasteiger charge is 2.15. The second-order valence-corrected chi connectivity index (χ2v) is 6.47. The number of hydrogen-bond donors (Lipinski definition) is 4. The number of aliphatic hydroxyl groups is 1. The van der Waals surface area contributed by atoms with E-state index in [1.807, 2.05) is 24.3 Å². The van der Waals surface area contributed by atoms with E-state index in [0.717, 1.165) is 5.56 Å². The molecule has 1 atom stereocenters. The van der Waals surface area contributed by atoms with Crippen LogP contribution in [0, 0.1) is 0 Å².